The number of hydrogen-bond donors (Lipinski definition) is 0. The van der Waals surface area contributed by atoms with Crippen LogP contribution in [-0.2, 0) is 0 Å². The molecule has 2 unspecified atom stereocenters. The zero-order valence-electron chi connectivity index (χ0n) is 13.3. The van der Waals surface area contributed by atoms with E-state index in [0.717, 1.165) is 0 Å². The van der Waals surface area contributed by atoms with Crippen LogP contribution in [0.4, 0.5) is 0 Å². The highest BCUT2D eigenvalue weighted by molar-refractivity contribution is 6.00. The summed E-state index contributed by atoms with van der Waals surface area (Å²) in [4.78, 5) is 2.38. The lowest BCUT2D eigenvalue weighted by molar-refractivity contribution is -0.505. The summed E-state index contributed by atoms with van der Waals surface area (Å²) >= 11 is 0. The van der Waals surface area contributed by atoms with Gasteiger partial charge in [-0.3, -0.25) is 0 Å². The first-order valence-corrected chi connectivity index (χ1v) is 7.96. The van der Waals surface area contributed by atoms with Crippen LogP contribution in [0.5, 0.6) is 0 Å². The van der Waals surface area contributed by atoms with Gasteiger partial charge in [-0.2, -0.15) is 4.90 Å². The van der Waals surface area contributed by atoms with Gasteiger partial charge in [0.05, 0.1) is 11.8 Å². The van der Waals surface area contributed by atoms with Crippen molar-refractivity contribution in [3.8, 4) is 0 Å². The minimum atomic E-state index is 0.438. The first-order valence-electron chi connectivity index (χ1n) is 7.96. The summed E-state index contributed by atoms with van der Waals surface area (Å²) in [6.07, 6.45) is 13.1. The van der Waals surface area contributed by atoms with Crippen molar-refractivity contribution in [2.45, 2.75) is 32.7 Å². The van der Waals surface area contributed by atoms with E-state index in [1.807, 2.05) is 0 Å². The number of rotatable bonds is 0. The van der Waals surface area contributed by atoms with Crippen molar-refractivity contribution in [1.82, 2.24) is 4.90 Å². The molecule has 0 saturated heterocycles. The van der Waals surface area contributed by atoms with E-state index in [0.29, 0.717) is 12.0 Å². The number of nitrogens with zero attached hydrogens (tertiary/aromatic N) is 2. The lowest BCUT2D eigenvalue weighted by Gasteiger charge is -2.32. The second kappa shape index (κ2) is 4.84. The van der Waals surface area contributed by atoms with E-state index in [9.17, 15) is 0 Å². The minimum Gasteiger partial charge on any atom is -0.230 e. The second-order valence-electron chi connectivity index (χ2n) is 6.28. The van der Waals surface area contributed by atoms with Gasteiger partial charge in [0.1, 0.15) is 17.4 Å². The fraction of sp³-hybridized carbons (Fsp3) is 0.250. The third kappa shape index (κ3) is 1.77. The third-order valence-electron chi connectivity index (χ3n) is 5.04. The molecule has 110 valence electrons. The van der Waals surface area contributed by atoms with Gasteiger partial charge >= 0.3 is 0 Å². The lowest BCUT2D eigenvalue weighted by Crippen LogP contribution is -2.44. The largest absolute Gasteiger partial charge is 0.294 e. The number of benzene rings is 1. The van der Waals surface area contributed by atoms with E-state index in [2.05, 4.69) is 91.1 Å². The monoisotopic (exact) mass is 289 g/mol. The van der Waals surface area contributed by atoms with Crippen LogP contribution in [0.1, 0.15) is 37.8 Å². The molecule has 0 bridgehead atoms. The fourth-order valence-electron chi connectivity index (χ4n) is 3.67. The number of fused-ring (bicyclic) bond motifs is 4. The van der Waals surface area contributed by atoms with Crippen molar-refractivity contribution in [3.63, 3.8) is 0 Å². The molecule has 1 aromatic carbocycles. The predicted molar refractivity (Wildman–Crippen MR) is 90.6 cm³/mol. The Labute approximate surface area is 132 Å². The van der Waals surface area contributed by atoms with Gasteiger partial charge in [-0.25, -0.2) is 4.58 Å². The molecule has 3 aliphatic heterocycles. The second-order valence-corrected chi connectivity index (χ2v) is 6.28. The Hall–Kier alpha value is -2.35. The SMILES string of the molecule is CC1=CC=CC2=CC=C[N+]3=C(c4ccccc4C(C)C3C)N12. The maximum Gasteiger partial charge on any atom is 0.294 e. The normalized spacial score (nSPS) is 25.9. The van der Waals surface area contributed by atoms with Crippen LogP contribution in [0.2, 0.25) is 0 Å². The van der Waals surface area contributed by atoms with Crippen molar-refractivity contribution in [2.24, 2.45) is 0 Å². The molecule has 0 aromatic heterocycles. The van der Waals surface area contributed by atoms with Gasteiger partial charge in [-0.1, -0.05) is 31.2 Å². The maximum absolute atomic E-state index is 2.42. The molecular formula is C20H21N2+. The molecule has 3 heterocycles. The highest BCUT2D eigenvalue weighted by Crippen LogP contribution is 2.35. The van der Waals surface area contributed by atoms with Crippen LogP contribution in [0.15, 0.2) is 72.2 Å². The molecule has 1 aromatic rings. The van der Waals surface area contributed by atoms with E-state index in [-0.39, 0.29) is 0 Å². The lowest BCUT2D eigenvalue weighted by atomic mass is 9.86. The molecule has 2 atom stereocenters. The fourth-order valence-corrected chi connectivity index (χ4v) is 3.67. The van der Waals surface area contributed by atoms with E-state index in [1.165, 1.54) is 28.4 Å². The maximum atomic E-state index is 2.42. The molecule has 0 fully saturated rings. The Balaban J connectivity index is 2.02. The third-order valence-corrected chi connectivity index (χ3v) is 5.04. The molecule has 0 radical (unpaired) electrons. The van der Waals surface area contributed by atoms with Crippen LogP contribution < -0.4 is 0 Å². The van der Waals surface area contributed by atoms with Gasteiger partial charge in [-0.15, -0.1) is 0 Å². The smallest absolute Gasteiger partial charge is 0.230 e. The van der Waals surface area contributed by atoms with Crippen LogP contribution >= 0.6 is 0 Å². The average Bonchev–Trinajstić information content (AvgIpc) is 2.73. The zero-order chi connectivity index (χ0) is 15.3. The molecule has 3 aliphatic rings. The van der Waals surface area contributed by atoms with Crippen molar-refractivity contribution < 1.29 is 4.58 Å². The van der Waals surface area contributed by atoms with E-state index in [4.69, 9.17) is 0 Å². The average molecular weight is 289 g/mol. The van der Waals surface area contributed by atoms with Gasteiger partial charge in [0.2, 0.25) is 0 Å². The van der Waals surface area contributed by atoms with Gasteiger partial charge in [0, 0.05) is 5.92 Å². The molecule has 0 N–H and O–H groups in total. The van der Waals surface area contributed by atoms with Crippen molar-refractivity contribution in [2.75, 3.05) is 0 Å². The summed E-state index contributed by atoms with van der Waals surface area (Å²) < 4.78 is 2.42. The van der Waals surface area contributed by atoms with Crippen LogP contribution in [0, 0.1) is 0 Å². The molecule has 0 spiro atoms. The summed E-state index contributed by atoms with van der Waals surface area (Å²) in [7, 11) is 0. The minimum absolute atomic E-state index is 0.438. The molecule has 2 heteroatoms. The van der Waals surface area contributed by atoms with Crippen LogP contribution in [0.25, 0.3) is 0 Å². The van der Waals surface area contributed by atoms with Crippen molar-refractivity contribution in [3.05, 3.63) is 83.4 Å². The van der Waals surface area contributed by atoms with Crippen molar-refractivity contribution >= 4 is 5.84 Å². The predicted octanol–water partition coefficient (Wildman–Crippen LogP) is 4.14. The number of allylic oxidation sites excluding steroid dienone is 6. The molecular weight excluding hydrogens is 268 g/mol. The van der Waals surface area contributed by atoms with Gasteiger partial charge in [-0.05, 0) is 49.8 Å². The number of hydrogen-bond acceptors (Lipinski definition) is 1. The van der Waals surface area contributed by atoms with Crippen molar-refractivity contribution in [1.29, 1.82) is 0 Å². The van der Waals surface area contributed by atoms with Gasteiger partial charge < -0.3 is 0 Å². The molecule has 0 amide bonds. The first-order chi connectivity index (χ1) is 10.7. The number of amidine groups is 1. The quantitative estimate of drug-likeness (QED) is 0.651. The molecule has 2 nitrogen and oxygen atoms in total. The molecule has 0 aliphatic carbocycles. The molecule has 22 heavy (non-hydrogen) atoms. The zero-order valence-corrected chi connectivity index (χ0v) is 13.3. The summed E-state index contributed by atoms with van der Waals surface area (Å²) in [5, 5.41) is 0. The summed E-state index contributed by atoms with van der Waals surface area (Å²) in [6, 6.07) is 9.26. The molecule has 4 rings (SSSR count). The Bertz CT molecular complexity index is 790. The standard InChI is InChI=1S/C20H21N2/c1-14-8-6-9-17-10-7-13-21-16(3)15(2)18-11-4-5-12-19(18)20(21)22(14)17/h4-13,15-16H,1-3H3/q+1. The Morgan fingerprint density at radius 2 is 1.86 bits per heavy atom. The van der Waals surface area contributed by atoms with Gasteiger partial charge in [0.25, 0.3) is 5.84 Å². The Morgan fingerprint density at radius 3 is 2.73 bits per heavy atom. The molecule has 0 saturated carbocycles. The first kappa shape index (κ1) is 13.3. The topological polar surface area (TPSA) is 6.25 Å². The highest BCUT2D eigenvalue weighted by atomic mass is 15.3. The Morgan fingerprint density at radius 1 is 1.05 bits per heavy atom. The summed E-state index contributed by atoms with van der Waals surface area (Å²) in [6.45, 7) is 6.82. The van der Waals surface area contributed by atoms with Crippen LogP contribution in [0.3, 0.4) is 0 Å². The highest BCUT2D eigenvalue weighted by Gasteiger charge is 2.40. The Kier molecular flexibility index (Phi) is 2.93. The van der Waals surface area contributed by atoms with E-state index in [1.54, 1.807) is 0 Å². The van der Waals surface area contributed by atoms with Crippen LogP contribution in [-0.4, -0.2) is 21.4 Å². The summed E-state index contributed by atoms with van der Waals surface area (Å²) in [5.74, 6) is 1.79. The van der Waals surface area contributed by atoms with Gasteiger partial charge in [0.15, 0.2) is 0 Å². The summed E-state index contributed by atoms with van der Waals surface area (Å²) in [5.41, 5.74) is 5.27. The van der Waals surface area contributed by atoms with E-state index >= 15 is 0 Å². The van der Waals surface area contributed by atoms with E-state index < -0.39 is 0 Å².